The van der Waals surface area contributed by atoms with Gasteiger partial charge in [-0.15, -0.1) is 0 Å². The van der Waals surface area contributed by atoms with Gasteiger partial charge in [0.25, 0.3) is 0 Å². The molecule has 0 aliphatic rings. The van der Waals surface area contributed by atoms with Gasteiger partial charge in [0.1, 0.15) is 0 Å². The van der Waals surface area contributed by atoms with Crippen LogP contribution >= 0.6 is 15.9 Å². The number of halogens is 1. The molecule has 0 amide bonds. The van der Waals surface area contributed by atoms with Gasteiger partial charge >= 0.3 is 0 Å². The largest absolute Gasteiger partial charge is 0.503 e. The monoisotopic (exact) mass is 275 g/mol. The van der Waals surface area contributed by atoms with Gasteiger partial charge in [0, 0.05) is 0 Å². The smallest absolute Gasteiger partial charge is 0.172 e. The minimum absolute atomic E-state index is 0.120. The van der Waals surface area contributed by atoms with Crippen molar-refractivity contribution in [2.75, 3.05) is 13.2 Å². The van der Waals surface area contributed by atoms with Crippen LogP contribution in [0.4, 0.5) is 0 Å². The van der Waals surface area contributed by atoms with Crippen LogP contribution in [0.1, 0.15) is 12.5 Å². The van der Waals surface area contributed by atoms with E-state index in [2.05, 4.69) is 20.8 Å². The highest BCUT2D eigenvalue weighted by atomic mass is 79.9. The molecule has 0 aliphatic carbocycles. The second kappa shape index (κ2) is 5.95. The van der Waals surface area contributed by atoms with Crippen molar-refractivity contribution in [1.29, 1.82) is 0 Å². The Morgan fingerprint density at radius 1 is 1.47 bits per heavy atom. The first-order valence-corrected chi connectivity index (χ1v) is 5.44. The zero-order valence-electron chi connectivity index (χ0n) is 8.50. The van der Waals surface area contributed by atoms with Gasteiger partial charge in [0.2, 0.25) is 0 Å². The summed E-state index contributed by atoms with van der Waals surface area (Å²) >= 11 is 3.26. The molecule has 4 nitrogen and oxygen atoms in total. The summed E-state index contributed by atoms with van der Waals surface area (Å²) in [5.41, 5.74) is 0.994. The summed E-state index contributed by atoms with van der Waals surface area (Å²) < 4.78 is 5.90. The molecule has 0 aliphatic heterocycles. The summed E-state index contributed by atoms with van der Waals surface area (Å²) in [4.78, 5) is 4.50. The standard InChI is InChI=1S/C10H14BrNO3/c1-2-14-9-6-7(3-4-15-12)5-8(11)10(9)13/h5-6,13H,2-4,12H2,1H3. The molecular weight excluding hydrogens is 262 g/mol. The maximum absolute atomic E-state index is 9.65. The Morgan fingerprint density at radius 2 is 2.20 bits per heavy atom. The SMILES string of the molecule is CCOc1cc(CCON)cc(Br)c1O. The van der Waals surface area contributed by atoms with E-state index in [1.54, 1.807) is 6.07 Å². The van der Waals surface area contributed by atoms with Crippen molar-refractivity contribution >= 4 is 15.9 Å². The van der Waals surface area contributed by atoms with Gasteiger partial charge in [0.05, 0.1) is 17.7 Å². The van der Waals surface area contributed by atoms with Gasteiger partial charge in [-0.1, -0.05) is 0 Å². The number of benzene rings is 1. The molecular formula is C10H14BrNO3. The average Bonchev–Trinajstić information content (AvgIpc) is 2.22. The van der Waals surface area contributed by atoms with Crippen LogP contribution in [-0.2, 0) is 11.3 Å². The van der Waals surface area contributed by atoms with Crippen molar-refractivity contribution in [3.8, 4) is 11.5 Å². The predicted molar refractivity (Wildman–Crippen MR) is 60.8 cm³/mol. The molecule has 1 aromatic carbocycles. The third-order valence-corrected chi connectivity index (χ3v) is 2.50. The lowest BCUT2D eigenvalue weighted by Crippen LogP contribution is -2.04. The van der Waals surface area contributed by atoms with E-state index in [9.17, 15) is 5.11 Å². The topological polar surface area (TPSA) is 64.7 Å². The number of hydrogen-bond acceptors (Lipinski definition) is 4. The summed E-state index contributed by atoms with van der Waals surface area (Å²) in [5.74, 6) is 5.54. The molecule has 0 unspecified atom stereocenters. The van der Waals surface area contributed by atoms with Crippen LogP contribution in [-0.4, -0.2) is 18.3 Å². The van der Waals surface area contributed by atoms with Crippen molar-refractivity contribution in [2.45, 2.75) is 13.3 Å². The molecule has 0 spiro atoms. The molecule has 0 bridgehead atoms. The van der Waals surface area contributed by atoms with Crippen LogP contribution in [0.5, 0.6) is 11.5 Å². The molecule has 0 radical (unpaired) electrons. The van der Waals surface area contributed by atoms with E-state index in [-0.39, 0.29) is 5.75 Å². The highest BCUT2D eigenvalue weighted by molar-refractivity contribution is 9.10. The Labute approximate surface area is 97.1 Å². The zero-order chi connectivity index (χ0) is 11.3. The van der Waals surface area contributed by atoms with Crippen LogP contribution in [0.2, 0.25) is 0 Å². The highest BCUT2D eigenvalue weighted by Gasteiger charge is 2.08. The molecule has 1 aromatic rings. The van der Waals surface area contributed by atoms with E-state index in [0.717, 1.165) is 5.56 Å². The fraction of sp³-hybridized carbons (Fsp3) is 0.400. The normalized spacial score (nSPS) is 10.3. The summed E-state index contributed by atoms with van der Waals surface area (Å²) in [6.07, 6.45) is 0.676. The van der Waals surface area contributed by atoms with Gasteiger partial charge < -0.3 is 14.7 Å². The number of ether oxygens (including phenoxy) is 1. The quantitative estimate of drug-likeness (QED) is 0.807. The first kappa shape index (κ1) is 12.3. The summed E-state index contributed by atoms with van der Waals surface area (Å²) in [6.45, 7) is 2.81. The molecule has 3 N–H and O–H groups in total. The summed E-state index contributed by atoms with van der Waals surface area (Å²) in [5, 5.41) is 9.65. The lowest BCUT2D eigenvalue weighted by Gasteiger charge is -2.09. The van der Waals surface area contributed by atoms with Gasteiger partial charge in [-0.25, -0.2) is 5.90 Å². The van der Waals surface area contributed by atoms with Crippen LogP contribution in [0, 0.1) is 0 Å². The van der Waals surface area contributed by atoms with E-state index in [4.69, 9.17) is 10.6 Å². The maximum atomic E-state index is 9.65. The lowest BCUT2D eigenvalue weighted by atomic mass is 10.1. The number of rotatable bonds is 5. The second-order valence-corrected chi connectivity index (χ2v) is 3.83. The number of hydrogen-bond donors (Lipinski definition) is 2. The Kier molecular flexibility index (Phi) is 4.87. The third kappa shape index (κ3) is 3.37. The summed E-state index contributed by atoms with van der Waals surface area (Å²) in [7, 11) is 0. The minimum atomic E-state index is 0.120. The number of phenols is 1. The van der Waals surface area contributed by atoms with Crippen LogP contribution in [0.15, 0.2) is 16.6 Å². The van der Waals surface area contributed by atoms with Crippen molar-refractivity contribution in [3.63, 3.8) is 0 Å². The van der Waals surface area contributed by atoms with Crippen molar-refractivity contribution in [2.24, 2.45) is 5.90 Å². The number of aromatic hydroxyl groups is 1. The maximum Gasteiger partial charge on any atom is 0.172 e. The molecule has 0 saturated carbocycles. The van der Waals surface area contributed by atoms with Crippen LogP contribution in [0.25, 0.3) is 0 Å². The molecule has 0 atom stereocenters. The lowest BCUT2D eigenvalue weighted by molar-refractivity contribution is 0.141. The van der Waals surface area contributed by atoms with Crippen molar-refractivity contribution < 1.29 is 14.7 Å². The molecule has 15 heavy (non-hydrogen) atoms. The molecule has 1 rings (SSSR count). The fourth-order valence-corrected chi connectivity index (χ4v) is 1.70. The average molecular weight is 276 g/mol. The zero-order valence-corrected chi connectivity index (χ0v) is 10.1. The van der Waals surface area contributed by atoms with Gasteiger partial charge in [-0.3, -0.25) is 0 Å². The summed E-state index contributed by atoms with van der Waals surface area (Å²) in [6, 6.07) is 3.60. The van der Waals surface area contributed by atoms with E-state index in [1.165, 1.54) is 0 Å². The second-order valence-electron chi connectivity index (χ2n) is 2.98. The molecule has 0 aromatic heterocycles. The van der Waals surface area contributed by atoms with Gasteiger partial charge in [0.15, 0.2) is 11.5 Å². The first-order valence-electron chi connectivity index (χ1n) is 4.65. The predicted octanol–water partition coefficient (Wildman–Crippen LogP) is 1.99. The van der Waals surface area contributed by atoms with E-state index < -0.39 is 0 Å². The number of phenolic OH excluding ortho intramolecular Hbond substituents is 1. The van der Waals surface area contributed by atoms with Crippen LogP contribution < -0.4 is 10.6 Å². The Morgan fingerprint density at radius 3 is 2.80 bits per heavy atom. The fourth-order valence-electron chi connectivity index (χ4n) is 1.21. The van der Waals surface area contributed by atoms with Crippen molar-refractivity contribution in [1.82, 2.24) is 0 Å². The van der Waals surface area contributed by atoms with Gasteiger partial charge in [-0.05, 0) is 47.0 Å². The first-order chi connectivity index (χ1) is 7.19. The van der Waals surface area contributed by atoms with E-state index in [1.807, 2.05) is 13.0 Å². The van der Waals surface area contributed by atoms with Gasteiger partial charge in [-0.2, -0.15) is 0 Å². The van der Waals surface area contributed by atoms with Crippen molar-refractivity contribution in [3.05, 3.63) is 22.2 Å². The van der Waals surface area contributed by atoms with E-state index in [0.29, 0.717) is 29.9 Å². The number of nitrogens with two attached hydrogens (primary N) is 1. The Hall–Kier alpha value is -0.780. The minimum Gasteiger partial charge on any atom is -0.503 e. The molecule has 0 heterocycles. The molecule has 0 fully saturated rings. The van der Waals surface area contributed by atoms with Crippen LogP contribution in [0.3, 0.4) is 0 Å². The van der Waals surface area contributed by atoms with E-state index >= 15 is 0 Å². The molecule has 0 saturated heterocycles. The highest BCUT2D eigenvalue weighted by Crippen LogP contribution is 2.35. The molecule has 5 heteroatoms. The molecule has 84 valence electrons. The third-order valence-electron chi connectivity index (χ3n) is 1.90. The Balaban J connectivity index is 2.90. The Bertz CT molecular complexity index is 331.